The zero-order valence-electron chi connectivity index (χ0n) is 11.9. The lowest BCUT2D eigenvalue weighted by Crippen LogP contribution is -2.21. The van der Waals surface area contributed by atoms with Gasteiger partial charge in [-0.25, -0.2) is 0 Å². The molecule has 1 N–H and O–H groups in total. The van der Waals surface area contributed by atoms with Crippen LogP contribution in [0.1, 0.15) is 24.1 Å². The van der Waals surface area contributed by atoms with E-state index in [-0.39, 0.29) is 0 Å². The van der Waals surface area contributed by atoms with Crippen molar-refractivity contribution < 1.29 is 9.47 Å². The fourth-order valence-corrected chi connectivity index (χ4v) is 2.94. The van der Waals surface area contributed by atoms with Gasteiger partial charge in [0.1, 0.15) is 24.7 Å². The summed E-state index contributed by atoms with van der Waals surface area (Å²) in [6.45, 7) is 4.29. The third-order valence-corrected chi connectivity index (χ3v) is 4.00. The monoisotopic (exact) mass is 347 g/mol. The van der Waals surface area contributed by atoms with E-state index in [4.69, 9.17) is 9.47 Å². The Kier molecular flexibility index (Phi) is 4.46. The van der Waals surface area contributed by atoms with Crippen molar-refractivity contribution in [3.8, 4) is 11.5 Å². The van der Waals surface area contributed by atoms with Crippen LogP contribution in [0.3, 0.4) is 0 Å². The third-order valence-electron chi connectivity index (χ3n) is 3.51. The van der Waals surface area contributed by atoms with Gasteiger partial charge < -0.3 is 14.8 Å². The first kappa shape index (κ1) is 14.4. The standard InChI is InChI=1S/C17H18BrNO2/c1-2-19-16-11-21-17-9-14(6-7-15(16)17)20-10-12-4-3-5-13(18)8-12/h3-9,16,19H,2,10-11H2,1H3. The van der Waals surface area contributed by atoms with Gasteiger partial charge in [0, 0.05) is 16.1 Å². The van der Waals surface area contributed by atoms with Gasteiger partial charge in [0.15, 0.2) is 0 Å². The zero-order chi connectivity index (χ0) is 14.7. The summed E-state index contributed by atoms with van der Waals surface area (Å²) in [5.41, 5.74) is 2.35. The molecule has 2 aromatic rings. The van der Waals surface area contributed by atoms with Crippen molar-refractivity contribution in [2.45, 2.75) is 19.6 Å². The second-order valence-electron chi connectivity index (χ2n) is 5.04. The van der Waals surface area contributed by atoms with Gasteiger partial charge in [0.2, 0.25) is 0 Å². The van der Waals surface area contributed by atoms with E-state index in [0.717, 1.165) is 28.1 Å². The van der Waals surface area contributed by atoms with Crippen molar-refractivity contribution in [3.63, 3.8) is 0 Å². The Labute approximate surface area is 133 Å². The first-order chi connectivity index (χ1) is 10.3. The fraction of sp³-hybridized carbons (Fsp3) is 0.294. The Balaban J connectivity index is 1.68. The summed E-state index contributed by atoms with van der Waals surface area (Å²) in [5, 5.41) is 3.41. The van der Waals surface area contributed by atoms with E-state index in [1.54, 1.807) is 0 Å². The Bertz CT molecular complexity index is 630. The van der Waals surface area contributed by atoms with Crippen LogP contribution in [-0.2, 0) is 6.61 Å². The molecule has 1 unspecified atom stereocenters. The molecule has 0 bridgehead atoms. The molecule has 4 heteroatoms. The maximum Gasteiger partial charge on any atom is 0.128 e. The molecule has 110 valence electrons. The number of hydrogen-bond acceptors (Lipinski definition) is 3. The molecule has 2 aromatic carbocycles. The second-order valence-corrected chi connectivity index (χ2v) is 5.96. The van der Waals surface area contributed by atoms with E-state index >= 15 is 0 Å². The normalized spacial score (nSPS) is 16.4. The molecule has 0 amide bonds. The minimum atomic E-state index is 0.295. The summed E-state index contributed by atoms with van der Waals surface area (Å²) >= 11 is 3.47. The maximum absolute atomic E-state index is 5.85. The summed E-state index contributed by atoms with van der Waals surface area (Å²) in [5.74, 6) is 1.76. The lowest BCUT2D eigenvalue weighted by atomic mass is 10.1. The minimum Gasteiger partial charge on any atom is -0.491 e. The van der Waals surface area contributed by atoms with E-state index in [9.17, 15) is 0 Å². The maximum atomic E-state index is 5.85. The molecule has 0 saturated heterocycles. The fourth-order valence-electron chi connectivity index (χ4n) is 2.49. The highest BCUT2D eigenvalue weighted by Crippen LogP contribution is 2.35. The molecule has 1 atom stereocenters. The summed E-state index contributed by atoms with van der Waals surface area (Å²) in [6, 6.07) is 14.5. The molecule has 0 aromatic heterocycles. The van der Waals surface area contributed by atoms with E-state index < -0.39 is 0 Å². The zero-order valence-corrected chi connectivity index (χ0v) is 13.5. The van der Waals surface area contributed by atoms with E-state index in [2.05, 4.69) is 46.4 Å². The van der Waals surface area contributed by atoms with Crippen LogP contribution < -0.4 is 14.8 Å². The number of rotatable bonds is 5. The lowest BCUT2D eigenvalue weighted by Gasteiger charge is -2.10. The number of likely N-dealkylation sites (N-methyl/N-ethyl adjacent to an activating group) is 1. The molecule has 3 rings (SSSR count). The predicted octanol–water partition coefficient (Wildman–Crippen LogP) is 4.07. The summed E-state index contributed by atoms with van der Waals surface area (Å²) < 4.78 is 12.6. The van der Waals surface area contributed by atoms with Crippen molar-refractivity contribution in [2.24, 2.45) is 0 Å². The average Bonchev–Trinajstić information content (AvgIpc) is 2.88. The minimum absolute atomic E-state index is 0.295. The van der Waals surface area contributed by atoms with Crippen LogP contribution in [0.5, 0.6) is 11.5 Å². The SMILES string of the molecule is CCNC1COc2cc(OCc3cccc(Br)c3)ccc21. The number of ether oxygens (including phenoxy) is 2. The van der Waals surface area contributed by atoms with Crippen LogP contribution in [0.2, 0.25) is 0 Å². The van der Waals surface area contributed by atoms with E-state index in [0.29, 0.717) is 19.3 Å². The van der Waals surface area contributed by atoms with E-state index in [1.165, 1.54) is 5.56 Å². The number of hydrogen-bond donors (Lipinski definition) is 1. The largest absolute Gasteiger partial charge is 0.491 e. The molecule has 3 nitrogen and oxygen atoms in total. The van der Waals surface area contributed by atoms with Crippen molar-refractivity contribution >= 4 is 15.9 Å². The van der Waals surface area contributed by atoms with Gasteiger partial charge in [-0.1, -0.05) is 35.0 Å². The van der Waals surface area contributed by atoms with Crippen LogP contribution >= 0.6 is 15.9 Å². The van der Waals surface area contributed by atoms with Gasteiger partial charge in [-0.2, -0.15) is 0 Å². The van der Waals surface area contributed by atoms with Gasteiger partial charge in [-0.15, -0.1) is 0 Å². The summed E-state index contributed by atoms with van der Waals surface area (Å²) in [4.78, 5) is 0. The van der Waals surface area contributed by atoms with Crippen LogP contribution in [0.4, 0.5) is 0 Å². The number of benzene rings is 2. The average molecular weight is 348 g/mol. The molecular formula is C17H18BrNO2. The first-order valence-corrected chi connectivity index (χ1v) is 7.93. The van der Waals surface area contributed by atoms with Crippen LogP contribution in [0.25, 0.3) is 0 Å². The molecule has 1 aliphatic rings. The number of fused-ring (bicyclic) bond motifs is 1. The lowest BCUT2D eigenvalue weighted by molar-refractivity contribution is 0.297. The predicted molar refractivity (Wildman–Crippen MR) is 86.8 cm³/mol. The van der Waals surface area contributed by atoms with Crippen molar-refractivity contribution in [3.05, 3.63) is 58.1 Å². The smallest absolute Gasteiger partial charge is 0.128 e. The highest BCUT2D eigenvalue weighted by Gasteiger charge is 2.23. The molecular weight excluding hydrogens is 330 g/mol. The van der Waals surface area contributed by atoms with Gasteiger partial charge >= 0.3 is 0 Å². The first-order valence-electron chi connectivity index (χ1n) is 7.13. The Morgan fingerprint density at radius 2 is 2.19 bits per heavy atom. The summed E-state index contributed by atoms with van der Waals surface area (Å²) in [6.07, 6.45) is 0. The molecule has 0 aliphatic carbocycles. The Morgan fingerprint density at radius 1 is 1.29 bits per heavy atom. The molecule has 0 saturated carbocycles. The van der Waals surface area contributed by atoms with Crippen molar-refractivity contribution in [1.29, 1.82) is 0 Å². The van der Waals surface area contributed by atoms with Gasteiger partial charge in [-0.3, -0.25) is 0 Å². The summed E-state index contributed by atoms with van der Waals surface area (Å²) in [7, 11) is 0. The number of nitrogens with one attached hydrogen (secondary N) is 1. The topological polar surface area (TPSA) is 30.5 Å². The quantitative estimate of drug-likeness (QED) is 0.884. The van der Waals surface area contributed by atoms with Crippen LogP contribution in [0.15, 0.2) is 46.9 Å². The van der Waals surface area contributed by atoms with E-state index in [1.807, 2.05) is 24.3 Å². The highest BCUT2D eigenvalue weighted by molar-refractivity contribution is 9.10. The van der Waals surface area contributed by atoms with Crippen LogP contribution in [0, 0.1) is 0 Å². The molecule has 1 heterocycles. The number of halogens is 1. The highest BCUT2D eigenvalue weighted by atomic mass is 79.9. The Hall–Kier alpha value is -1.52. The molecule has 0 spiro atoms. The van der Waals surface area contributed by atoms with Gasteiger partial charge in [0.25, 0.3) is 0 Å². The Morgan fingerprint density at radius 3 is 3.00 bits per heavy atom. The molecule has 0 fully saturated rings. The van der Waals surface area contributed by atoms with Crippen LogP contribution in [-0.4, -0.2) is 13.2 Å². The van der Waals surface area contributed by atoms with Gasteiger partial charge in [0.05, 0.1) is 6.04 Å². The molecule has 0 radical (unpaired) electrons. The second kappa shape index (κ2) is 6.50. The van der Waals surface area contributed by atoms with Crippen molar-refractivity contribution in [2.75, 3.05) is 13.2 Å². The third kappa shape index (κ3) is 3.39. The van der Waals surface area contributed by atoms with Gasteiger partial charge in [-0.05, 0) is 36.4 Å². The molecule has 21 heavy (non-hydrogen) atoms. The molecule has 1 aliphatic heterocycles. The van der Waals surface area contributed by atoms with Crippen molar-refractivity contribution in [1.82, 2.24) is 5.32 Å².